The third-order valence-corrected chi connectivity index (χ3v) is 5.27. The first-order chi connectivity index (χ1) is 9.33. The van der Waals surface area contributed by atoms with Gasteiger partial charge < -0.3 is 0 Å². The summed E-state index contributed by atoms with van der Waals surface area (Å²) in [5, 5.41) is 4.88. The summed E-state index contributed by atoms with van der Waals surface area (Å²) in [6.45, 7) is 0. The van der Waals surface area contributed by atoms with Crippen LogP contribution in [-0.4, -0.2) is 9.97 Å². The van der Waals surface area contributed by atoms with E-state index < -0.39 is 0 Å². The van der Waals surface area contributed by atoms with Crippen molar-refractivity contribution < 1.29 is 0 Å². The SMILES string of the molecule is Clc1nccc2sc(-c3csc4ccccc34)nc12. The standard InChI is InChI=1S/C14H7ClN2S2/c15-13-12-11(5-6-16-13)19-14(17-12)9-7-18-10-4-2-1-3-8(9)10/h1-7H. The second-order valence-electron chi connectivity index (χ2n) is 4.11. The number of nitrogens with zero attached hydrogens (tertiary/aromatic N) is 2. The van der Waals surface area contributed by atoms with E-state index in [1.165, 1.54) is 15.6 Å². The molecule has 0 radical (unpaired) electrons. The number of aromatic nitrogens is 2. The van der Waals surface area contributed by atoms with E-state index in [1.54, 1.807) is 28.9 Å². The Labute approximate surface area is 122 Å². The van der Waals surface area contributed by atoms with Gasteiger partial charge in [0.1, 0.15) is 10.5 Å². The summed E-state index contributed by atoms with van der Waals surface area (Å²) in [4.78, 5) is 8.71. The highest BCUT2D eigenvalue weighted by Gasteiger charge is 2.12. The van der Waals surface area contributed by atoms with Crippen LogP contribution in [0, 0.1) is 0 Å². The molecule has 4 aromatic rings. The molecule has 0 aliphatic rings. The first kappa shape index (κ1) is 11.3. The topological polar surface area (TPSA) is 25.8 Å². The molecule has 0 aliphatic heterocycles. The Morgan fingerprint density at radius 2 is 1.95 bits per heavy atom. The summed E-state index contributed by atoms with van der Waals surface area (Å²) >= 11 is 9.48. The molecule has 19 heavy (non-hydrogen) atoms. The monoisotopic (exact) mass is 302 g/mol. The van der Waals surface area contributed by atoms with Crippen molar-refractivity contribution in [2.75, 3.05) is 0 Å². The predicted octanol–water partition coefficient (Wildman–Crippen LogP) is 5.23. The molecule has 0 saturated carbocycles. The molecular weight excluding hydrogens is 296 g/mol. The molecule has 0 bridgehead atoms. The fraction of sp³-hybridized carbons (Fsp3) is 0. The maximum atomic E-state index is 6.09. The van der Waals surface area contributed by atoms with E-state index >= 15 is 0 Å². The highest BCUT2D eigenvalue weighted by Crippen LogP contribution is 2.38. The van der Waals surface area contributed by atoms with Gasteiger partial charge in [0.15, 0.2) is 5.15 Å². The van der Waals surface area contributed by atoms with Crippen molar-refractivity contribution in [3.63, 3.8) is 0 Å². The fourth-order valence-corrected chi connectivity index (χ4v) is 4.35. The van der Waals surface area contributed by atoms with Gasteiger partial charge in [0.05, 0.1) is 4.70 Å². The van der Waals surface area contributed by atoms with Gasteiger partial charge in [-0.25, -0.2) is 9.97 Å². The van der Waals surface area contributed by atoms with E-state index in [0.717, 1.165) is 15.2 Å². The molecule has 0 unspecified atom stereocenters. The molecule has 3 heterocycles. The number of thiazole rings is 1. The van der Waals surface area contributed by atoms with Gasteiger partial charge >= 0.3 is 0 Å². The van der Waals surface area contributed by atoms with Crippen molar-refractivity contribution in [1.82, 2.24) is 9.97 Å². The lowest BCUT2D eigenvalue weighted by Gasteiger charge is -1.92. The molecule has 0 aliphatic carbocycles. The molecule has 92 valence electrons. The first-order valence-electron chi connectivity index (χ1n) is 5.70. The normalized spacial score (nSPS) is 11.4. The zero-order valence-electron chi connectivity index (χ0n) is 9.63. The van der Waals surface area contributed by atoms with Gasteiger partial charge in [-0.1, -0.05) is 29.8 Å². The molecule has 0 amide bonds. The summed E-state index contributed by atoms with van der Waals surface area (Å²) in [5.74, 6) is 0. The molecule has 0 saturated heterocycles. The maximum Gasteiger partial charge on any atom is 0.156 e. The number of fused-ring (bicyclic) bond motifs is 2. The number of thiophene rings is 1. The van der Waals surface area contributed by atoms with Gasteiger partial charge in [-0.05, 0) is 12.1 Å². The predicted molar refractivity (Wildman–Crippen MR) is 83.2 cm³/mol. The summed E-state index contributed by atoms with van der Waals surface area (Å²) in [6, 6.07) is 10.3. The Morgan fingerprint density at radius 3 is 2.84 bits per heavy atom. The molecule has 1 aromatic carbocycles. The summed E-state index contributed by atoms with van der Waals surface area (Å²) in [5.41, 5.74) is 1.97. The van der Waals surface area contributed by atoms with Gasteiger partial charge in [0.2, 0.25) is 0 Å². The lowest BCUT2D eigenvalue weighted by molar-refractivity contribution is 1.34. The lowest BCUT2D eigenvalue weighted by atomic mass is 10.2. The van der Waals surface area contributed by atoms with Gasteiger partial charge in [0.25, 0.3) is 0 Å². The van der Waals surface area contributed by atoms with Crippen LogP contribution in [0.3, 0.4) is 0 Å². The molecule has 5 heteroatoms. The van der Waals surface area contributed by atoms with E-state index in [1.807, 2.05) is 6.07 Å². The Hall–Kier alpha value is -1.49. The second-order valence-corrected chi connectivity index (χ2v) is 6.41. The molecular formula is C14H7ClN2S2. The Morgan fingerprint density at radius 1 is 1.05 bits per heavy atom. The van der Waals surface area contributed by atoms with E-state index in [0.29, 0.717) is 5.15 Å². The average molecular weight is 303 g/mol. The second kappa shape index (κ2) is 4.27. The van der Waals surface area contributed by atoms with Crippen molar-refractivity contribution in [2.24, 2.45) is 0 Å². The van der Waals surface area contributed by atoms with E-state index in [4.69, 9.17) is 11.6 Å². The molecule has 2 nitrogen and oxygen atoms in total. The van der Waals surface area contributed by atoms with Crippen molar-refractivity contribution in [1.29, 1.82) is 0 Å². The Kier molecular flexibility index (Phi) is 2.55. The van der Waals surface area contributed by atoms with Gasteiger partial charge in [-0.15, -0.1) is 22.7 Å². The van der Waals surface area contributed by atoms with Crippen LogP contribution in [-0.2, 0) is 0 Å². The van der Waals surface area contributed by atoms with E-state index in [2.05, 4.69) is 39.6 Å². The van der Waals surface area contributed by atoms with Crippen LogP contribution in [0.2, 0.25) is 5.15 Å². The number of halogens is 1. The smallest absolute Gasteiger partial charge is 0.156 e. The maximum absolute atomic E-state index is 6.09. The van der Waals surface area contributed by atoms with Crippen LogP contribution < -0.4 is 0 Å². The van der Waals surface area contributed by atoms with Crippen molar-refractivity contribution in [3.05, 3.63) is 47.1 Å². The molecule has 4 rings (SSSR count). The van der Waals surface area contributed by atoms with Crippen molar-refractivity contribution in [2.45, 2.75) is 0 Å². The minimum Gasteiger partial charge on any atom is -0.242 e. The zero-order valence-corrected chi connectivity index (χ0v) is 12.0. The largest absolute Gasteiger partial charge is 0.242 e. The number of hydrogen-bond donors (Lipinski definition) is 0. The van der Waals surface area contributed by atoms with Crippen LogP contribution in [0.1, 0.15) is 0 Å². The Balaban J connectivity index is 2.02. The lowest BCUT2D eigenvalue weighted by Crippen LogP contribution is -1.76. The van der Waals surface area contributed by atoms with Crippen LogP contribution >= 0.6 is 34.3 Å². The quantitative estimate of drug-likeness (QED) is 0.450. The van der Waals surface area contributed by atoms with Crippen LogP contribution in [0.25, 0.3) is 30.9 Å². The first-order valence-corrected chi connectivity index (χ1v) is 7.78. The highest BCUT2D eigenvalue weighted by molar-refractivity contribution is 7.23. The fourth-order valence-electron chi connectivity index (χ4n) is 2.08. The number of pyridine rings is 1. The van der Waals surface area contributed by atoms with Crippen molar-refractivity contribution >= 4 is 54.6 Å². The molecule has 0 fully saturated rings. The van der Waals surface area contributed by atoms with Gasteiger partial charge in [-0.3, -0.25) is 0 Å². The zero-order chi connectivity index (χ0) is 12.8. The third kappa shape index (κ3) is 1.75. The molecule has 0 N–H and O–H groups in total. The molecule has 0 spiro atoms. The van der Waals surface area contributed by atoms with Gasteiger partial charge in [0, 0.05) is 27.2 Å². The molecule has 3 aromatic heterocycles. The van der Waals surface area contributed by atoms with Crippen LogP contribution in [0.5, 0.6) is 0 Å². The average Bonchev–Trinajstić information content (AvgIpc) is 3.02. The van der Waals surface area contributed by atoms with E-state index in [-0.39, 0.29) is 0 Å². The van der Waals surface area contributed by atoms with Gasteiger partial charge in [-0.2, -0.15) is 0 Å². The molecule has 0 atom stereocenters. The number of benzene rings is 1. The summed E-state index contributed by atoms with van der Waals surface area (Å²) in [6.07, 6.45) is 1.72. The summed E-state index contributed by atoms with van der Waals surface area (Å²) < 4.78 is 2.35. The third-order valence-electron chi connectivity index (χ3n) is 2.97. The Bertz CT molecular complexity index is 895. The van der Waals surface area contributed by atoms with E-state index in [9.17, 15) is 0 Å². The minimum absolute atomic E-state index is 0.472. The summed E-state index contributed by atoms with van der Waals surface area (Å²) in [7, 11) is 0. The number of hydrogen-bond acceptors (Lipinski definition) is 4. The highest BCUT2D eigenvalue weighted by atomic mass is 35.5. The number of rotatable bonds is 1. The van der Waals surface area contributed by atoms with Crippen LogP contribution in [0.15, 0.2) is 41.9 Å². The minimum atomic E-state index is 0.472. The van der Waals surface area contributed by atoms with Crippen molar-refractivity contribution in [3.8, 4) is 10.6 Å². The van der Waals surface area contributed by atoms with Crippen LogP contribution in [0.4, 0.5) is 0 Å².